The summed E-state index contributed by atoms with van der Waals surface area (Å²) in [6, 6.07) is 0. The highest BCUT2D eigenvalue weighted by atomic mass is 31.2. The first-order valence-electron chi connectivity index (χ1n) is 17.8. The van der Waals surface area contributed by atoms with Gasteiger partial charge < -0.3 is 20.1 Å². The minimum Gasteiger partial charge on any atom is -0.462 e. The number of phosphoric acid groups is 1. The van der Waals surface area contributed by atoms with Gasteiger partial charge >= 0.3 is 19.8 Å². The molecule has 0 fully saturated rings. The third-order valence-corrected chi connectivity index (χ3v) is 7.90. The molecule has 10 heteroatoms. The van der Waals surface area contributed by atoms with Crippen LogP contribution in [-0.4, -0.2) is 49.3 Å². The maximum Gasteiger partial charge on any atom is 0.472 e. The first-order chi connectivity index (χ1) is 22.8. The normalized spacial score (nSPS) is 14.2. The number of ether oxygens (including phenoxy) is 2. The second-order valence-electron chi connectivity index (χ2n) is 11.4. The first-order valence-corrected chi connectivity index (χ1v) is 19.3. The number of phosphoric ester groups is 1. The molecule has 3 N–H and O–H groups in total. The van der Waals surface area contributed by atoms with Crippen LogP contribution in [0.25, 0.3) is 0 Å². The molecule has 0 radical (unpaired) electrons. The van der Waals surface area contributed by atoms with Crippen molar-refractivity contribution < 1.29 is 37.6 Å². The zero-order valence-electron chi connectivity index (χ0n) is 29.2. The number of unbranched alkanes of at least 4 members (excludes halogenated alkanes) is 9. The molecule has 0 bridgehead atoms. The average molecular weight is 682 g/mol. The Kier molecular flexibility index (Phi) is 32.0. The van der Waals surface area contributed by atoms with Crippen molar-refractivity contribution in [2.24, 2.45) is 5.73 Å². The second-order valence-corrected chi connectivity index (χ2v) is 12.8. The molecular formula is C37H64NO8P. The summed E-state index contributed by atoms with van der Waals surface area (Å²) in [5.41, 5.74) is 5.31. The minimum atomic E-state index is -4.38. The first kappa shape index (κ1) is 44.7. The molecule has 0 aliphatic carbocycles. The monoisotopic (exact) mass is 681 g/mol. The highest BCUT2D eigenvalue weighted by molar-refractivity contribution is 7.47. The van der Waals surface area contributed by atoms with Crippen LogP contribution in [-0.2, 0) is 32.7 Å². The smallest absolute Gasteiger partial charge is 0.462 e. The average Bonchev–Trinajstić information content (AvgIpc) is 3.05. The molecule has 2 atom stereocenters. The van der Waals surface area contributed by atoms with E-state index in [-0.39, 0.29) is 32.6 Å². The highest BCUT2D eigenvalue weighted by Crippen LogP contribution is 2.43. The van der Waals surface area contributed by atoms with Gasteiger partial charge in [-0.3, -0.25) is 18.6 Å². The van der Waals surface area contributed by atoms with E-state index >= 15 is 0 Å². The van der Waals surface area contributed by atoms with Gasteiger partial charge in [0.15, 0.2) is 6.10 Å². The van der Waals surface area contributed by atoms with Crippen LogP contribution in [0.15, 0.2) is 60.8 Å². The van der Waals surface area contributed by atoms with Crippen LogP contribution in [0.3, 0.4) is 0 Å². The van der Waals surface area contributed by atoms with Crippen molar-refractivity contribution in [3.63, 3.8) is 0 Å². The minimum absolute atomic E-state index is 0.0423. The van der Waals surface area contributed by atoms with Crippen molar-refractivity contribution in [1.82, 2.24) is 0 Å². The van der Waals surface area contributed by atoms with Gasteiger partial charge in [-0.1, -0.05) is 126 Å². The maximum absolute atomic E-state index is 12.5. The molecule has 0 aromatic carbocycles. The summed E-state index contributed by atoms with van der Waals surface area (Å²) in [5, 5.41) is 0. The lowest BCUT2D eigenvalue weighted by atomic mass is 10.1. The lowest BCUT2D eigenvalue weighted by molar-refractivity contribution is -0.161. The van der Waals surface area contributed by atoms with E-state index in [4.69, 9.17) is 24.3 Å². The zero-order valence-corrected chi connectivity index (χ0v) is 30.1. The van der Waals surface area contributed by atoms with Gasteiger partial charge in [0.25, 0.3) is 0 Å². The van der Waals surface area contributed by atoms with Crippen molar-refractivity contribution in [2.75, 3.05) is 26.4 Å². The molecule has 270 valence electrons. The lowest BCUT2D eigenvalue weighted by Gasteiger charge is -2.19. The molecule has 0 saturated carbocycles. The third kappa shape index (κ3) is 33.4. The van der Waals surface area contributed by atoms with Crippen LogP contribution in [0.2, 0.25) is 0 Å². The van der Waals surface area contributed by atoms with Gasteiger partial charge in [-0.15, -0.1) is 0 Å². The van der Waals surface area contributed by atoms with Gasteiger partial charge in [0.05, 0.1) is 13.2 Å². The Balaban J connectivity index is 4.38. The number of carbonyl (C=O) groups excluding carboxylic acids is 2. The summed E-state index contributed by atoms with van der Waals surface area (Å²) in [6.07, 6.45) is 37.0. The summed E-state index contributed by atoms with van der Waals surface area (Å²) in [6.45, 7) is 3.49. The molecule has 0 aliphatic heterocycles. The van der Waals surface area contributed by atoms with E-state index in [1.807, 2.05) is 6.08 Å². The quantitative estimate of drug-likeness (QED) is 0.0308. The van der Waals surface area contributed by atoms with Crippen LogP contribution in [0, 0.1) is 0 Å². The fourth-order valence-electron chi connectivity index (χ4n) is 4.31. The van der Waals surface area contributed by atoms with Gasteiger partial charge in [0, 0.05) is 19.4 Å². The number of allylic oxidation sites excluding steroid dienone is 10. The largest absolute Gasteiger partial charge is 0.472 e. The van der Waals surface area contributed by atoms with Crippen molar-refractivity contribution in [3.8, 4) is 0 Å². The van der Waals surface area contributed by atoms with Gasteiger partial charge in [0.2, 0.25) is 0 Å². The van der Waals surface area contributed by atoms with E-state index in [0.29, 0.717) is 12.8 Å². The topological polar surface area (TPSA) is 134 Å². The molecule has 1 unspecified atom stereocenters. The molecule has 0 rings (SSSR count). The standard InChI is InChI=1S/C37H64NO8P/c1-3-5-7-9-11-13-14-15-16-17-18-19-20-22-24-26-28-30-37(40)46-35(34-45-47(41,42)44-32-31-38)33-43-36(39)29-27-25-23-21-12-10-8-6-4-2/h5,7,11,13,15-16,18-19,22,24,35H,3-4,6,8-10,12,14,17,20-21,23,25-34,38H2,1-2H3,(H,41,42)/b7-5+,13-11+,16-15+,19-18+,24-22+/t35-/m1/s1. The molecule has 0 saturated heterocycles. The van der Waals surface area contributed by atoms with Crippen LogP contribution in [0.5, 0.6) is 0 Å². The van der Waals surface area contributed by atoms with Crippen LogP contribution in [0.4, 0.5) is 0 Å². The molecular weight excluding hydrogens is 617 g/mol. The fraction of sp³-hybridized carbons (Fsp3) is 0.676. The van der Waals surface area contributed by atoms with E-state index < -0.39 is 32.5 Å². The number of rotatable bonds is 32. The number of nitrogens with two attached hydrogens (primary N) is 1. The number of hydrogen-bond donors (Lipinski definition) is 2. The summed E-state index contributed by atoms with van der Waals surface area (Å²) in [4.78, 5) is 34.5. The Hall–Kier alpha value is -2.29. The van der Waals surface area contributed by atoms with Crippen molar-refractivity contribution >= 4 is 19.8 Å². The van der Waals surface area contributed by atoms with Gasteiger partial charge in [-0.25, -0.2) is 4.57 Å². The Morgan fingerprint density at radius 3 is 1.72 bits per heavy atom. The molecule has 9 nitrogen and oxygen atoms in total. The van der Waals surface area contributed by atoms with E-state index in [9.17, 15) is 19.0 Å². The van der Waals surface area contributed by atoms with Gasteiger partial charge in [0.1, 0.15) is 6.61 Å². The molecule has 0 amide bonds. The van der Waals surface area contributed by atoms with Gasteiger partial charge in [-0.05, 0) is 51.4 Å². The van der Waals surface area contributed by atoms with E-state index in [1.54, 1.807) is 0 Å². The molecule has 0 aromatic heterocycles. The van der Waals surface area contributed by atoms with Crippen LogP contribution < -0.4 is 5.73 Å². The van der Waals surface area contributed by atoms with Gasteiger partial charge in [-0.2, -0.15) is 0 Å². The zero-order chi connectivity index (χ0) is 34.7. The highest BCUT2D eigenvalue weighted by Gasteiger charge is 2.25. The predicted molar refractivity (Wildman–Crippen MR) is 192 cm³/mol. The Labute approximate surface area is 285 Å². The molecule has 0 spiro atoms. The Morgan fingerprint density at radius 2 is 1.17 bits per heavy atom. The molecule has 47 heavy (non-hydrogen) atoms. The predicted octanol–water partition coefficient (Wildman–Crippen LogP) is 9.38. The summed E-state index contributed by atoms with van der Waals surface area (Å²) in [7, 11) is -4.38. The number of hydrogen-bond acceptors (Lipinski definition) is 8. The fourth-order valence-corrected chi connectivity index (χ4v) is 5.08. The van der Waals surface area contributed by atoms with Crippen molar-refractivity contribution in [1.29, 1.82) is 0 Å². The Bertz CT molecular complexity index is 960. The third-order valence-electron chi connectivity index (χ3n) is 6.92. The summed E-state index contributed by atoms with van der Waals surface area (Å²) in [5.74, 6) is -0.907. The Morgan fingerprint density at radius 1 is 0.660 bits per heavy atom. The summed E-state index contributed by atoms with van der Waals surface area (Å²) >= 11 is 0. The molecule has 0 heterocycles. The SMILES string of the molecule is CC/C=C/C/C=C/C/C=C/C/C=C/C/C=C/CCCC(=O)O[C@H](COC(=O)CCCCCCCCCCC)COP(=O)(O)OCCN. The number of carbonyl (C=O) groups is 2. The number of esters is 2. The molecule has 0 aromatic rings. The van der Waals surface area contributed by atoms with Crippen molar-refractivity contribution in [2.45, 2.75) is 136 Å². The summed E-state index contributed by atoms with van der Waals surface area (Å²) < 4.78 is 32.5. The van der Waals surface area contributed by atoms with Crippen LogP contribution >= 0.6 is 7.82 Å². The van der Waals surface area contributed by atoms with E-state index in [0.717, 1.165) is 51.4 Å². The molecule has 0 aliphatic rings. The lowest BCUT2D eigenvalue weighted by Crippen LogP contribution is -2.29. The maximum atomic E-state index is 12.5. The van der Waals surface area contributed by atoms with E-state index in [2.05, 4.69) is 68.5 Å². The van der Waals surface area contributed by atoms with E-state index in [1.165, 1.54) is 38.5 Å². The second kappa shape index (κ2) is 33.6. The van der Waals surface area contributed by atoms with Crippen molar-refractivity contribution in [3.05, 3.63) is 60.8 Å². The van der Waals surface area contributed by atoms with Crippen LogP contribution in [0.1, 0.15) is 129 Å².